The highest BCUT2D eigenvalue weighted by atomic mass is 16.4. The van der Waals surface area contributed by atoms with Crippen LogP contribution in [-0.4, -0.2) is 40.4 Å². The molecular weight excluding hydrogens is 260 g/mol. The summed E-state index contributed by atoms with van der Waals surface area (Å²) in [7, 11) is 0. The van der Waals surface area contributed by atoms with E-state index in [1.807, 2.05) is 13.8 Å². The molecule has 6 nitrogen and oxygen atoms in total. The molecule has 0 aromatic rings. The number of aliphatic carboxylic acids is 1. The molecular formula is C14H26N2O4. The summed E-state index contributed by atoms with van der Waals surface area (Å²) in [5.74, 6) is -0.979. The van der Waals surface area contributed by atoms with Crippen LogP contribution in [0.4, 0.5) is 4.79 Å². The maximum atomic E-state index is 11.7. The van der Waals surface area contributed by atoms with E-state index >= 15 is 0 Å². The third-order valence-corrected chi connectivity index (χ3v) is 4.26. The first kappa shape index (κ1) is 16.8. The molecule has 1 atom stereocenters. The number of hydrogen-bond donors (Lipinski definition) is 4. The smallest absolute Gasteiger partial charge is 0.315 e. The van der Waals surface area contributed by atoms with Gasteiger partial charge in [-0.3, -0.25) is 4.79 Å². The van der Waals surface area contributed by atoms with Crippen LogP contribution >= 0.6 is 0 Å². The lowest BCUT2D eigenvalue weighted by molar-refractivity contribution is -0.142. The van der Waals surface area contributed by atoms with E-state index < -0.39 is 11.6 Å². The van der Waals surface area contributed by atoms with E-state index in [0.717, 1.165) is 0 Å². The van der Waals surface area contributed by atoms with Gasteiger partial charge in [0.05, 0.1) is 11.5 Å². The van der Waals surface area contributed by atoms with Gasteiger partial charge >= 0.3 is 12.0 Å². The van der Waals surface area contributed by atoms with Crippen molar-refractivity contribution in [1.29, 1.82) is 0 Å². The van der Waals surface area contributed by atoms with Crippen LogP contribution in [0.15, 0.2) is 0 Å². The number of carboxylic acid groups (broad SMARTS) is 1. The van der Waals surface area contributed by atoms with E-state index in [2.05, 4.69) is 10.6 Å². The first-order valence-electron chi connectivity index (χ1n) is 7.22. The van der Waals surface area contributed by atoms with Gasteiger partial charge in [0, 0.05) is 12.6 Å². The molecule has 0 spiro atoms. The number of aliphatic hydroxyl groups is 1. The molecule has 20 heavy (non-hydrogen) atoms. The van der Waals surface area contributed by atoms with Crippen molar-refractivity contribution in [1.82, 2.24) is 10.6 Å². The molecule has 0 aromatic carbocycles. The third-order valence-electron chi connectivity index (χ3n) is 4.26. The minimum Gasteiger partial charge on any atom is -0.481 e. The summed E-state index contributed by atoms with van der Waals surface area (Å²) >= 11 is 0. The Morgan fingerprint density at radius 1 is 1.25 bits per heavy atom. The van der Waals surface area contributed by atoms with Crippen LogP contribution in [0.25, 0.3) is 0 Å². The van der Waals surface area contributed by atoms with Crippen LogP contribution in [0, 0.1) is 11.8 Å². The highest BCUT2D eigenvalue weighted by Crippen LogP contribution is 2.24. The molecule has 116 valence electrons. The number of rotatable bonds is 5. The molecule has 0 aromatic heterocycles. The largest absolute Gasteiger partial charge is 0.481 e. The Bertz CT molecular complexity index is 347. The van der Waals surface area contributed by atoms with Crippen molar-refractivity contribution in [2.24, 2.45) is 11.8 Å². The zero-order valence-electron chi connectivity index (χ0n) is 12.5. The molecule has 0 heterocycles. The van der Waals surface area contributed by atoms with E-state index in [0.29, 0.717) is 25.7 Å². The fraction of sp³-hybridized carbons (Fsp3) is 0.857. The van der Waals surface area contributed by atoms with Crippen LogP contribution in [0.3, 0.4) is 0 Å². The van der Waals surface area contributed by atoms with Crippen molar-refractivity contribution < 1.29 is 19.8 Å². The normalized spacial score (nSPS) is 25.9. The molecule has 4 N–H and O–H groups in total. The number of carbonyl (C=O) groups is 2. The molecule has 1 unspecified atom stereocenters. The summed E-state index contributed by atoms with van der Waals surface area (Å²) in [6, 6.07) is -0.278. The summed E-state index contributed by atoms with van der Waals surface area (Å²) < 4.78 is 0. The predicted octanol–water partition coefficient (Wildman–Crippen LogP) is 1.34. The van der Waals surface area contributed by atoms with Gasteiger partial charge in [-0.1, -0.05) is 13.8 Å². The minimum atomic E-state index is -0.932. The number of urea groups is 1. The Morgan fingerprint density at radius 2 is 1.80 bits per heavy atom. The second-order valence-corrected chi connectivity index (χ2v) is 6.23. The van der Waals surface area contributed by atoms with Crippen LogP contribution in [0.5, 0.6) is 0 Å². The topological polar surface area (TPSA) is 98.7 Å². The second-order valence-electron chi connectivity index (χ2n) is 6.23. The number of carboxylic acids is 1. The fourth-order valence-electron chi connectivity index (χ4n) is 2.18. The Morgan fingerprint density at radius 3 is 2.25 bits per heavy atom. The zero-order valence-corrected chi connectivity index (χ0v) is 12.5. The van der Waals surface area contributed by atoms with Gasteiger partial charge in [0.25, 0.3) is 0 Å². The molecule has 0 bridgehead atoms. The first-order valence-corrected chi connectivity index (χ1v) is 7.22. The standard InChI is InChI=1S/C14H26N2O4/c1-9(2)14(3,20)8-15-13(19)16-11-6-4-10(5-7-11)12(17)18/h9-11,20H,4-8H2,1-3H3,(H,17,18)(H2,15,16,19). The lowest BCUT2D eigenvalue weighted by Gasteiger charge is -2.30. The van der Waals surface area contributed by atoms with Crippen LogP contribution in [0.1, 0.15) is 46.5 Å². The number of nitrogens with one attached hydrogen (secondary N) is 2. The molecule has 1 saturated carbocycles. The summed E-state index contributed by atoms with van der Waals surface area (Å²) in [6.07, 6.45) is 2.57. The molecule has 2 amide bonds. The van der Waals surface area contributed by atoms with Crippen molar-refractivity contribution in [3.8, 4) is 0 Å². The van der Waals surface area contributed by atoms with Gasteiger partial charge in [0.15, 0.2) is 0 Å². The Hall–Kier alpha value is -1.30. The van der Waals surface area contributed by atoms with E-state index in [9.17, 15) is 14.7 Å². The summed E-state index contributed by atoms with van der Waals surface area (Å²) in [5, 5.41) is 24.4. The Kier molecular flexibility index (Phi) is 5.80. The molecule has 0 saturated heterocycles. The molecule has 0 radical (unpaired) electrons. The summed E-state index contributed by atoms with van der Waals surface area (Å²) in [6.45, 7) is 5.68. The Balaban J connectivity index is 2.29. The van der Waals surface area contributed by atoms with E-state index in [4.69, 9.17) is 5.11 Å². The average Bonchev–Trinajstić information content (AvgIpc) is 2.37. The minimum absolute atomic E-state index is 0.0228. The van der Waals surface area contributed by atoms with Gasteiger partial charge in [-0.15, -0.1) is 0 Å². The van der Waals surface area contributed by atoms with E-state index in [1.165, 1.54) is 0 Å². The summed E-state index contributed by atoms with van der Waals surface area (Å²) in [4.78, 5) is 22.6. The van der Waals surface area contributed by atoms with Gasteiger partial charge in [-0.05, 0) is 38.5 Å². The highest BCUT2D eigenvalue weighted by molar-refractivity contribution is 5.74. The van der Waals surface area contributed by atoms with E-state index in [1.54, 1.807) is 6.92 Å². The maximum Gasteiger partial charge on any atom is 0.315 e. The maximum absolute atomic E-state index is 11.7. The molecule has 0 aliphatic heterocycles. The van der Waals surface area contributed by atoms with Crippen molar-refractivity contribution >= 4 is 12.0 Å². The number of carbonyl (C=O) groups excluding carboxylic acids is 1. The van der Waals surface area contributed by atoms with Crippen LogP contribution in [0.2, 0.25) is 0 Å². The molecule has 1 aliphatic carbocycles. The van der Waals surface area contributed by atoms with E-state index in [-0.39, 0.29) is 30.5 Å². The van der Waals surface area contributed by atoms with Crippen LogP contribution in [-0.2, 0) is 4.79 Å². The van der Waals surface area contributed by atoms with Gasteiger partial charge in [-0.25, -0.2) is 4.79 Å². The van der Waals surface area contributed by atoms with Gasteiger partial charge in [-0.2, -0.15) is 0 Å². The van der Waals surface area contributed by atoms with Crippen molar-refractivity contribution in [2.45, 2.75) is 58.1 Å². The SMILES string of the molecule is CC(C)C(C)(O)CNC(=O)NC1CCC(C(=O)O)CC1. The average molecular weight is 286 g/mol. The highest BCUT2D eigenvalue weighted by Gasteiger charge is 2.28. The first-order chi connectivity index (χ1) is 9.22. The lowest BCUT2D eigenvalue weighted by Crippen LogP contribution is -2.50. The zero-order chi connectivity index (χ0) is 15.3. The summed E-state index contributed by atoms with van der Waals surface area (Å²) in [5.41, 5.74) is -0.932. The fourth-order valence-corrected chi connectivity index (χ4v) is 2.18. The van der Waals surface area contributed by atoms with Crippen molar-refractivity contribution in [2.75, 3.05) is 6.54 Å². The number of hydrogen-bond acceptors (Lipinski definition) is 3. The third kappa shape index (κ3) is 5.00. The van der Waals surface area contributed by atoms with Gasteiger partial charge in [0.2, 0.25) is 0 Å². The van der Waals surface area contributed by atoms with Gasteiger partial charge in [0.1, 0.15) is 0 Å². The lowest BCUT2D eigenvalue weighted by atomic mass is 9.86. The van der Waals surface area contributed by atoms with Crippen molar-refractivity contribution in [3.05, 3.63) is 0 Å². The molecule has 1 aliphatic rings. The second kappa shape index (κ2) is 6.92. The Labute approximate surface area is 119 Å². The monoisotopic (exact) mass is 286 g/mol. The van der Waals surface area contributed by atoms with Crippen LogP contribution < -0.4 is 10.6 Å². The predicted molar refractivity (Wildman–Crippen MR) is 75.4 cm³/mol. The quantitative estimate of drug-likeness (QED) is 0.613. The van der Waals surface area contributed by atoms with Gasteiger partial charge < -0.3 is 20.8 Å². The van der Waals surface area contributed by atoms with Crippen molar-refractivity contribution in [3.63, 3.8) is 0 Å². The molecule has 1 rings (SSSR count). The number of amides is 2. The molecule has 6 heteroatoms. The molecule has 1 fully saturated rings.